The van der Waals surface area contributed by atoms with Crippen molar-refractivity contribution >= 4 is 22.4 Å². The number of H-pyrrole nitrogens is 1. The van der Waals surface area contributed by atoms with Gasteiger partial charge in [0, 0.05) is 30.4 Å². The Morgan fingerprint density at radius 2 is 2.24 bits per heavy atom. The number of hydrogen-bond donors (Lipinski definition) is 2. The maximum absolute atomic E-state index is 11.1. The van der Waals surface area contributed by atoms with Gasteiger partial charge in [-0.3, -0.25) is 10.1 Å². The van der Waals surface area contributed by atoms with Gasteiger partial charge in [0.1, 0.15) is 11.3 Å². The van der Waals surface area contributed by atoms with E-state index in [0.29, 0.717) is 12.2 Å². The number of anilines is 1. The van der Waals surface area contributed by atoms with Crippen LogP contribution in [0.25, 0.3) is 11.0 Å². The summed E-state index contributed by atoms with van der Waals surface area (Å²) in [5.74, 6) is 0. The lowest BCUT2D eigenvalue weighted by molar-refractivity contribution is -0.384. The van der Waals surface area contributed by atoms with Crippen LogP contribution in [0.2, 0.25) is 0 Å². The quantitative estimate of drug-likeness (QED) is 0.567. The van der Waals surface area contributed by atoms with Gasteiger partial charge in [-0.25, -0.2) is 4.98 Å². The van der Waals surface area contributed by atoms with Gasteiger partial charge in [-0.15, -0.1) is 0 Å². The van der Waals surface area contributed by atoms with Crippen LogP contribution in [0.3, 0.4) is 0 Å². The summed E-state index contributed by atoms with van der Waals surface area (Å²) in [5.41, 5.74) is 3.31. The normalized spacial score (nSPS) is 10.7. The second-order valence-electron chi connectivity index (χ2n) is 4.84. The van der Waals surface area contributed by atoms with E-state index in [1.807, 2.05) is 31.3 Å². The second kappa shape index (κ2) is 5.24. The predicted octanol–water partition coefficient (Wildman–Crippen LogP) is 3.39. The van der Waals surface area contributed by atoms with E-state index in [1.165, 1.54) is 0 Å². The van der Waals surface area contributed by atoms with Crippen LogP contribution < -0.4 is 5.32 Å². The topological polar surface area (TPSA) is 83.8 Å². The van der Waals surface area contributed by atoms with E-state index in [9.17, 15) is 10.1 Å². The van der Waals surface area contributed by atoms with Gasteiger partial charge in [0.15, 0.2) is 0 Å². The summed E-state index contributed by atoms with van der Waals surface area (Å²) in [5, 5.41) is 15.2. The molecule has 1 aromatic carbocycles. The van der Waals surface area contributed by atoms with E-state index >= 15 is 0 Å². The highest BCUT2D eigenvalue weighted by Gasteiger charge is 2.14. The van der Waals surface area contributed by atoms with E-state index in [0.717, 1.165) is 22.2 Å². The molecule has 0 aliphatic heterocycles. The van der Waals surface area contributed by atoms with E-state index in [4.69, 9.17) is 0 Å². The lowest BCUT2D eigenvalue weighted by Gasteiger charge is -2.07. The summed E-state index contributed by atoms with van der Waals surface area (Å²) < 4.78 is 0. The number of fused-ring (bicyclic) bond motifs is 1. The molecule has 2 N–H and O–H groups in total. The van der Waals surface area contributed by atoms with Crippen LogP contribution in [0.5, 0.6) is 0 Å². The van der Waals surface area contributed by atoms with Gasteiger partial charge >= 0.3 is 0 Å². The van der Waals surface area contributed by atoms with Gasteiger partial charge < -0.3 is 10.3 Å². The number of pyridine rings is 1. The summed E-state index contributed by atoms with van der Waals surface area (Å²) in [6, 6.07) is 9.00. The number of hydrogen-bond acceptors (Lipinski definition) is 4. The summed E-state index contributed by atoms with van der Waals surface area (Å²) >= 11 is 0. The molecule has 0 fully saturated rings. The summed E-state index contributed by atoms with van der Waals surface area (Å²) in [6.45, 7) is 2.33. The maximum atomic E-state index is 11.1. The first-order valence-corrected chi connectivity index (χ1v) is 6.55. The number of aromatic nitrogens is 2. The van der Waals surface area contributed by atoms with Crippen molar-refractivity contribution in [3.8, 4) is 0 Å². The number of nitrogens with one attached hydrogen (secondary N) is 2. The summed E-state index contributed by atoms with van der Waals surface area (Å²) in [7, 11) is 0. The van der Waals surface area contributed by atoms with Crippen LogP contribution >= 0.6 is 0 Å². The predicted molar refractivity (Wildman–Crippen MR) is 81.3 cm³/mol. The fourth-order valence-corrected chi connectivity index (χ4v) is 2.29. The lowest BCUT2D eigenvalue weighted by atomic mass is 10.1. The maximum Gasteiger partial charge on any atom is 0.292 e. The number of aryl methyl sites for hydroxylation is 1. The monoisotopic (exact) mass is 282 g/mol. The first-order valence-electron chi connectivity index (χ1n) is 6.55. The molecule has 0 aliphatic carbocycles. The standard InChI is InChI=1S/C15H14N4O2/c1-10-4-5-13(14(7-10)19(20)21)17-8-11-9-18-15-12(11)3-2-6-16-15/h2-7,9,17H,8H2,1H3,(H,16,18). The Balaban J connectivity index is 1.87. The fraction of sp³-hybridized carbons (Fsp3) is 0.133. The highest BCUT2D eigenvalue weighted by molar-refractivity contribution is 5.79. The van der Waals surface area contributed by atoms with E-state index in [2.05, 4.69) is 15.3 Å². The average molecular weight is 282 g/mol. The van der Waals surface area contributed by atoms with E-state index in [1.54, 1.807) is 18.3 Å². The molecule has 0 aliphatic rings. The van der Waals surface area contributed by atoms with Crippen LogP contribution in [-0.4, -0.2) is 14.9 Å². The molecule has 21 heavy (non-hydrogen) atoms. The minimum Gasteiger partial charge on any atom is -0.375 e. The Morgan fingerprint density at radius 1 is 1.38 bits per heavy atom. The zero-order chi connectivity index (χ0) is 14.8. The van der Waals surface area contributed by atoms with Gasteiger partial charge in [-0.2, -0.15) is 0 Å². The second-order valence-corrected chi connectivity index (χ2v) is 4.84. The molecule has 0 atom stereocenters. The lowest BCUT2D eigenvalue weighted by Crippen LogP contribution is -2.02. The Morgan fingerprint density at radius 3 is 3.05 bits per heavy atom. The average Bonchev–Trinajstić information content (AvgIpc) is 2.89. The summed E-state index contributed by atoms with van der Waals surface area (Å²) in [4.78, 5) is 18.0. The highest BCUT2D eigenvalue weighted by Crippen LogP contribution is 2.26. The molecule has 3 rings (SSSR count). The molecule has 0 unspecified atom stereocenters. The van der Waals surface area contributed by atoms with E-state index in [-0.39, 0.29) is 10.6 Å². The first kappa shape index (κ1) is 13.1. The number of nitro benzene ring substituents is 1. The molecular weight excluding hydrogens is 268 g/mol. The molecular formula is C15H14N4O2. The van der Waals surface area contributed by atoms with Crippen molar-refractivity contribution in [1.29, 1.82) is 0 Å². The molecule has 106 valence electrons. The Bertz CT molecular complexity index is 810. The zero-order valence-electron chi connectivity index (χ0n) is 11.5. The van der Waals surface area contributed by atoms with Crippen molar-refractivity contribution in [3.63, 3.8) is 0 Å². The number of benzene rings is 1. The van der Waals surface area contributed by atoms with Gasteiger partial charge in [0.05, 0.1) is 4.92 Å². The molecule has 0 saturated carbocycles. The van der Waals surface area contributed by atoms with Crippen molar-refractivity contribution in [3.05, 3.63) is 64.0 Å². The van der Waals surface area contributed by atoms with Crippen molar-refractivity contribution in [1.82, 2.24) is 9.97 Å². The highest BCUT2D eigenvalue weighted by atomic mass is 16.6. The molecule has 2 heterocycles. The SMILES string of the molecule is Cc1ccc(NCc2c[nH]c3ncccc23)c([N+](=O)[O-])c1. The van der Waals surface area contributed by atoms with Crippen LogP contribution in [0, 0.1) is 17.0 Å². The van der Waals surface area contributed by atoms with Crippen LogP contribution in [0.15, 0.2) is 42.7 Å². The fourth-order valence-electron chi connectivity index (χ4n) is 2.29. The third-order valence-corrected chi connectivity index (χ3v) is 3.36. The van der Waals surface area contributed by atoms with Crippen molar-refractivity contribution < 1.29 is 4.92 Å². The molecule has 0 spiro atoms. The number of nitro groups is 1. The molecule has 0 bridgehead atoms. The minimum absolute atomic E-state index is 0.0907. The molecule has 6 heteroatoms. The molecule has 3 aromatic rings. The Hall–Kier alpha value is -2.89. The molecule has 0 amide bonds. The first-order chi connectivity index (χ1) is 10.1. The molecule has 6 nitrogen and oxygen atoms in total. The van der Waals surface area contributed by atoms with Crippen molar-refractivity contribution in [2.75, 3.05) is 5.32 Å². The molecule has 0 radical (unpaired) electrons. The smallest absolute Gasteiger partial charge is 0.292 e. The van der Waals surface area contributed by atoms with Crippen LogP contribution in [-0.2, 0) is 6.54 Å². The third kappa shape index (κ3) is 2.55. The third-order valence-electron chi connectivity index (χ3n) is 3.36. The Labute approximate surface area is 121 Å². The van der Waals surface area contributed by atoms with Crippen LogP contribution in [0.4, 0.5) is 11.4 Å². The van der Waals surface area contributed by atoms with Gasteiger partial charge in [-0.05, 0) is 36.2 Å². The molecule has 0 saturated heterocycles. The van der Waals surface area contributed by atoms with Crippen molar-refractivity contribution in [2.45, 2.75) is 13.5 Å². The number of aromatic amines is 1. The van der Waals surface area contributed by atoms with Gasteiger partial charge in [0.25, 0.3) is 5.69 Å². The number of rotatable bonds is 4. The van der Waals surface area contributed by atoms with Crippen molar-refractivity contribution in [2.24, 2.45) is 0 Å². The largest absolute Gasteiger partial charge is 0.375 e. The zero-order valence-corrected chi connectivity index (χ0v) is 11.5. The minimum atomic E-state index is -0.369. The Kier molecular flexibility index (Phi) is 3.27. The van der Waals surface area contributed by atoms with Crippen LogP contribution in [0.1, 0.15) is 11.1 Å². The van der Waals surface area contributed by atoms with Gasteiger partial charge in [-0.1, -0.05) is 6.07 Å². The van der Waals surface area contributed by atoms with Gasteiger partial charge in [0.2, 0.25) is 0 Å². The molecule has 2 aromatic heterocycles. The summed E-state index contributed by atoms with van der Waals surface area (Å²) in [6.07, 6.45) is 3.59. The number of nitrogens with zero attached hydrogens (tertiary/aromatic N) is 2. The van der Waals surface area contributed by atoms with E-state index < -0.39 is 0 Å².